The highest BCUT2D eigenvalue weighted by molar-refractivity contribution is 5.79. The molecule has 0 aliphatic rings. The minimum absolute atomic E-state index is 0.0115. The van der Waals surface area contributed by atoms with E-state index in [1.165, 1.54) is 17.9 Å². The molecule has 0 spiro atoms. The second-order valence-electron chi connectivity index (χ2n) is 9.11. The van der Waals surface area contributed by atoms with Gasteiger partial charge in [-0.05, 0) is 65.9 Å². The Morgan fingerprint density at radius 2 is 1.55 bits per heavy atom. The predicted octanol–water partition coefficient (Wildman–Crippen LogP) is 7.40. The molecule has 0 bridgehead atoms. The number of hydrogen-bond acceptors (Lipinski definition) is 3. The molecule has 1 atom stereocenters. The average molecular weight is 567 g/mol. The lowest BCUT2D eigenvalue weighted by molar-refractivity contribution is -0.142. The van der Waals surface area contributed by atoms with Gasteiger partial charge in [-0.15, -0.1) is 0 Å². The van der Waals surface area contributed by atoms with Crippen LogP contribution in [0.1, 0.15) is 47.6 Å². The summed E-state index contributed by atoms with van der Waals surface area (Å²) in [6.45, 7) is 2.98. The number of nitrogens with zero attached hydrogens (tertiary/aromatic N) is 1. The van der Waals surface area contributed by atoms with E-state index in [1.54, 1.807) is 31.2 Å². The molecule has 0 aliphatic heterocycles. The van der Waals surface area contributed by atoms with Crippen molar-refractivity contribution in [2.75, 3.05) is 13.7 Å². The second-order valence-corrected chi connectivity index (χ2v) is 9.11. The van der Waals surface area contributed by atoms with Gasteiger partial charge in [0, 0.05) is 19.6 Å². The minimum Gasteiger partial charge on any atom is -0.469 e. The fourth-order valence-electron chi connectivity index (χ4n) is 4.13. The van der Waals surface area contributed by atoms with E-state index in [0.717, 1.165) is 43.0 Å². The number of amides is 2. The summed E-state index contributed by atoms with van der Waals surface area (Å²) in [5, 5.41) is 2.71. The molecule has 11 heteroatoms. The molecular weight excluding hydrogens is 538 g/mol. The van der Waals surface area contributed by atoms with Crippen molar-refractivity contribution >= 4 is 12.0 Å². The van der Waals surface area contributed by atoms with E-state index in [-0.39, 0.29) is 41.9 Å². The van der Waals surface area contributed by atoms with Crippen LogP contribution in [-0.2, 0) is 35.0 Å². The highest BCUT2D eigenvalue weighted by Gasteiger charge is 2.34. The van der Waals surface area contributed by atoms with Gasteiger partial charge in [0.1, 0.15) is 0 Å². The lowest BCUT2D eigenvalue weighted by atomic mass is 9.90. The first-order chi connectivity index (χ1) is 18.7. The molecule has 214 valence electrons. The third kappa shape index (κ3) is 7.55. The fourth-order valence-corrected chi connectivity index (χ4v) is 4.13. The molecule has 2 amide bonds. The summed E-state index contributed by atoms with van der Waals surface area (Å²) < 4.78 is 86.9. The summed E-state index contributed by atoms with van der Waals surface area (Å²) >= 11 is 0. The molecule has 1 N–H and O–H groups in total. The third-order valence-electron chi connectivity index (χ3n) is 6.40. The Balaban J connectivity index is 2.08. The van der Waals surface area contributed by atoms with Gasteiger partial charge in [-0.1, -0.05) is 42.5 Å². The first-order valence-corrected chi connectivity index (χ1v) is 12.3. The summed E-state index contributed by atoms with van der Waals surface area (Å²) in [6.07, 6.45) is -9.52. The molecule has 0 fully saturated rings. The maximum absolute atomic E-state index is 13.8. The Morgan fingerprint density at radius 1 is 0.900 bits per heavy atom. The minimum atomic E-state index is -4.79. The van der Waals surface area contributed by atoms with Crippen LogP contribution in [-0.4, -0.2) is 30.6 Å². The highest BCUT2D eigenvalue weighted by Crippen LogP contribution is 2.38. The van der Waals surface area contributed by atoms with Crippen LogP contribution in [0.2, 0.25) is 0 Å². The summed E-state index contributed by atoms with van der Waals surface area (Å²) in [5.74, 6) is -1.84. The van der Waals surface area contributed by atoms with E-state index in [0.29, 0.717) is 0 Å². The predicted molar refractivity (Wildman–Crippen MR) is 137 cm³/mol. The van der Waals surface area contributed by atoms with Gasteiger partial charge in [0.05, 0.1) is 24.2 Å². The lowest BCUT2D eigenvalue weighted by Gasteiger charge is -2.24. The Kier molecular flexibility index (Phi) is 9.49. The number of rotatable bonds is 8. The van der Waals surface area contributed by atoms with Gasteiger partial charge >= 0.3 is 24.4 Å². The van der Waals surface area contributed by atoms with Crippen molar-refractivity contribution in [3.05, 3.63) is 94.5 Å². The van der Waals surface area contributed by atoms with Crippen molar-refractivity contribution in [3.8, 4) is 11.1 Å². The van der Waals surface area contributed by atoms with Crippen molar-refractivity contribution in [2.45, 2.75) is 45.2 Å². The van der Waals surface area contributed by atoms with Crippen LogP contribution in [0.5, 0.6) is 0 Å². The van der Waals surface area contributed by atoms with Crippen LogP contribution in [0, 0.1) is 0 Å². The van der Waals surface area contributed by atoms with Gasteiger partial charge in [0.25, 0.3) is 0 Å². The first kappa shape index (κ1) is 30.5. The zero-order valence-corrected chi connectivity index (χ0v) is 22.0. The van der Waals surface area contributed by atoms with Gasteiger partial charge < -0.3 is 15.0 Å². The molecule has 3 rings (SSSR count). The molecule has 40 heavy (non-hydrogen) atoms. The molecule has 3 aromatic rings. The Hall–Kier alpha value is -4.02. The number of halogens is 6. The van der Waals surface area contributed by atoms with E-state index in [4.69, 9.17) is 0 Å². The highest BCUT2D eigenvalue weighted by atomic mass is 19.4. The van der Waals surface area contributed by atoms with Gasteiger partial charge in [0.2, 0.25) is 0 Å². The standard InChI is InChI=1S/C29H28F6N2O3/c1-4-37(27(39)36-16-19-8-6-5-7-9-19)17-22-15-23(28(30,31)32)10-11-25(22)21-12-20(18(2)26(38)40-3)13-24(14-21)29(33,34)35/h5-15,18H,4,16-17H2,1-3H3,(H,36,39). The Bertz CT molecular complexity index is 1340. The number of carbonyl (C=O) groups is 2. The van der Waals surface area contributed by atoms with Crippen LogP contribution >= 0.6 is 0 Å². The van der Waals surface area contributed by atoms with E-state index in [2.05, 4.69) is 10.1 Å². The van der Waals surface area contributed by atoms with Crippen molar-refractivity contribution in [1.29, 1.82) is 0 Å². The fraction of sp³-hybridized carbons (Fsp3) is 0.310. The Labute approximate surface area is 227 Å². The van der Waals surface area contributed by atoms with E-state index in [9.17, 15) is 35.9 Å². The molecule has 0 radical (unpaired) electrons. The smallest absolute Gasteiger partial charge is 0.416 e. The van der Waals surface area contributed by atoms with Crippen LogP contribution < -0.4 is 5.32 Å². The number of nitrogens with one attached hydrogen (secondary N) is 1. The molecule has 0 heterocycles. The van der Waals surface area contributed by atoms with Gasteiger partial charge in [-0.3, -0.25) is 4.79 Å². The molecule has 3 aromatic carbocycles. The maximum atomic E-state index is 13.8. The summed E-state index contributed by atoms with van der Waals surface area (Å²) in [7, 11) is 1.10. The van der Waals surface area contributed by atoms with Crippen LogP contribution in [0.25, 0.3) is 11.1 Å². The zero-order chi connectivity index (χ0) is 29.7. The van der Waals surface area contributed by atoms with Crippen LogP contribution in [0.3, 0.4) is 0 Å². The summed E-state index contributed by atoms with van der Waals surface area (Å²) in [4.78, 5) is 26.3. The van der Waals surface area contributed by atoms with Gasteiger partial charge in [-0.25, -0.2) is 4.79 Å². The average Bonchev–Trinajstić information content (AvgIpc) is 2.92. The van der Waals surface area contributed by atoms with E-state index in [1.807, 2.05) is 6.07 Å². The SMILES string of the molecule is CCN(Cc1cc(C(F)(F)F)ccc1-c1cc(C(C)C(=O)OC)cc(C(F)(F)F)c1)C(=O)NCc1ccccc1. The van der Waals surface area contributed by atoms with Crippen molar-refractivity contribution < 1.29 is 40.7 Å². The maximum Gasteiger partial charge on any atom is 0.416 e. The summed E-state index contributed by atoms with van der Waals surface area (Å²) in [5.41, 5.74) is -1.30. The largest absolute Gasteiger partial charge is 0.469 e. The molecule has 0 saturated carbocycles. The lowest BCUT2D eigenvalue weighted by Crippen LogP contribution is -2.39. The molecule has 5 nitrogen and oxygen atoms in total. The number of esters is 1. The normalized spacial score (nSPS) is 12.5. The second kappa shape index (κ2) is 12.4. The van der Waals surface area contributed by atoms with Crippen molar-refractivity contribution in [1.82, 2.24) is 10.2 Å². The first-order valence-electron chi connectivity index (χ1n) is 12.3. The monoisotopic (exact) mass is 566 g/mol. The van der Waals surface area contributed by atoms with E-state index < -0.39 is 41.4 Å². The number of carbonyl (C=O) groups excluding carboxylic acids is 2. The molecule has 0 saturated heterocycles. The number of alkyl halides is 6. The van der Waals surface area contributed by atoms with Gasteiger partial charge in [0.15, 0.2) is 0 Å². The number of ether oxygens (including phenoxy) is 1. The number of urea groups is 1. The molecular formula is C29H28F6N2O3. The third-order valence-corrected chi connectivity index (χ3v) is 6.40. The van der Waals surface area contributed by atoms with Crippen LogP contribution in [0.4, 0.5) is 31.1 Å². The Morgan fingerprint density at radius 3 is 2.12 bits per heavy atom. The summed E-state index contributed by atoms with van der Waals surface area (Å²) in [6, 6.07) is 14.0. The van der Waals surface area contributed by atoms with Gasteiger partial charge in [-0.2, -0.15) is 26.3 Å². The molecule has 1 unspecified atom stereocenters. The van der Waals surface area contributed by atoms with E-state index >= 15 is 0 Å². The van der Waals surface area contributed by atoms with Crippen molar-refractivity contribution in [2.24, 2.45) is 0 Å². The molecule has 0 aromatic heterocycles. The number of benzene rings is 3. The number of methoxy groups -OCH3 is 1. The topological polar surface area (TPSA) is 58.6 Å². The van der Waals surface area contributed by atoms with Crippen molar-refractivity contribution in [3.63, 3.8) is 0 Å². The zero-order valence-electron chi connectivity index (χ0n) is 22.0. The quantitative estimate of drug-likeness (QED) is 0.228. The number of hydrogen-bond donors (Lipinski definition) is 1. The van der Waals surface area contributed by atoms with Crippen LogP contribution in [0.15, 0.2) is 66.7 Å². The molecule has 0 aliphatic carbocycles.